The Balaban J connectivity index is 2.04. The minimum absolute atomic E-state index is 0.322. The van der Waals surface area contributed by atoms with E-state index in [2.05, 4.69) is 0 Å². The van der Waals surface area contributed by atoms with E-state index in [1.54, 1.807) is 62.8 Å². The van der Waals surface area contributed by atoms with Crippen molar-refractivity contribution in [3.8, 4) is 23.0 Å². The van der Waals surface area contributed by atoms with E-state index in [-0.39, 0.29) is 0 Å². The molecule has 0 aliphatic carbocycles. The number of hydrogen-bond donors (Lipinski definition) is 0. The zero-order valence-corrected chi connectivity index (χ0v) is 13.1. The first kappa shape index (κ1) is 15.5. The molecule has 0 saturated heterocycles. The molecule has 0 aliphatic rings. The molecule has 0 fully saturated rings. The van der Waals surface area contributed by atoms with Crippen LogP contribution >= 0.6 is 18.2 Å². The van der Waals surface area contributed by atoms with Crippen LogP contribution in [0, 0.1) is 0 Å². The maximum Gasteiger partial charge on any atom is 0.530 e. The van der Waals surface area contributed by atoms with Crippen molar-refractivity contribution in [3.05, 3.63) is 48.5 Å². The van der Waals surface area contributed by atoms with Gasteiger partial charge in [0.2, 0.25) is 0 Å². The molecule has 0 amide bonds. The van der Waals surface area contributed by atoms with E-state index in [1.807, 2.05) is 0 Å². The van der Waals surface area contributed by atoms with Crippen LogP contribution in [0.5, 0.6) is 23.0 Å². The quantitative estimate of drug-likeness (QED) is 0.730. The van der Waals surface area contributed by atoms with Crippen molar-refractivity contribution in [2.45, 2.75) is 0 Å². The van der Waals surface area contributed by atoms with E-state index in [0.29, 0.717) is 23.0 Å². The average Bonchev–Trinajstić information content (AvgIpc) is 2.48. The predicted octanol–water partition coefficient (Wildman–Crippen LogP) is 4.51. The van der Waals surface area contributed by atoms with Crippen LogP contribution < -0.4 is 18.5 Å². The second-order valence-electron chi connectivity index (χ2n) is 3.96. The van der Waals surface area contributed by atoms with Crippen LogP contribution in [0.4, 0.5) is 0 Å². The number of methoxy groups -OCH3 is 2. The summed E-state index contributed by atoms with van der Waals surface area (Å²) in [5.41, 5.74) is 0. The standard InChI is InChI=1S/C14H14ClO5P/c1-17-11-3-7-13(8-4-11)19-21(15,16)20-14-9-5-12(18-2)6-10-14/h3-10H,1-2H3. The van der Waals surface area contributed by atoms with Crippen molar-refractivity contribution in [2.24, 2.45) is 0 Å². The van der Waals surface area contributed by atoms with Gasteiger partial charge < -0.3 is 18.5 Å². The van der Waals surface area contributed by atoms with Gasteiger partial charge in [0.05, 0.1) is 14.2 Å². The van der Waals surface area contributed by atoms with Gasteiger partial charge in [0, 0.05) is 11.2 Å². The maximum atomic E-state index is 12.1. The molecule has 0 spiro atoms. The van der Waals surface area contributed by atoms with Crippen LogP contribution in [0.2, 0.25) is 0 Å². The second-order valence-corrected chi connectivity index (χ2v) is 6.43. The Morgan fingerprint density at radius 2 is 1.00 bits per heavy atom. The Kier molecular flexibility index (Phi) is 4.99. The summed E-state index contributed by atoms with van der Waals surface area (Å²) in [6.07, 6.45) is 0. The molecule has 5 nitrogen and oxygen atoms in total. The lowest BCUT2D eigenvalue weighted by Crippen LogP contribution is -1.95. The van der Waals surface area contributed by atoms with Gasteiger partial charge in [-0.1, -0.05) is 0 Å². The predicted molar refractivity (Wildman–Crippen MR) is 80.7 cm³/mol. The molecular weight excluding hydrogens is 315 g/mol. The lowest BCUT2D eigenvalue weighted by Gasteiger charge is -2.14. The van der Waals surface area contributed by atoms with Gasteiger partial charge in [-0.15, -0.1) is 0 Å². The highest BCUT2D eigenvalue weighted by Gasteiger charge is 2.24. The van der Waals surface area contributed by atoms with Crippen LogP contribution in [0.15, 0.2) is 48.5 Å². The fraction of sp³-hybridized carbons (Fsp3) is 0.143. The summed E-state index contributed by atoms with van der Waals surface area (Å²) < 4.78 is 32.5. The Bertz CT molecular complexity index is 573. The Morgan fingerprint density at radius 3 is 1.29 bits per heavy atom. The Morgan fingerprint density at radius 1 is 0.714 bits per heavy atom. The average molecular weight is 329 g/mol. The first-order valence-corrected chi connectivity index (χ1v) is 8.44. The first-order valence-electron chi connectivity index (χ1n) is 5.99. The zero-order chi connectivity index (χ0) is 15.3. The monoisotopic (exact) mass is 328 g/mol. The normalized spacial score (nSPS) is 10.8. The fourth-order valence-electron chi connectivity index (χ4n) is 1.54. The molecule has 2 rings (SSSR count). The van der Waals surface area contributed by atoms with Crippen molar-refractivity contribution in [2.75, 3.05) is 14.2 Å². The van der Waals surface area contributed by atoms with Gasteiger partial charge in [-0.05, 0) is 48.5 Å². The second kappa shape index (κ2) is 6.74. The van der Waals surface area contributed by atoms with Crippen LogP contribution in [0.1, 0.15) is 0 Å². The molecule has 0 radical (unpaired) electrons. The molecule has 2 aromatic rings. The van der Waals surface area contributed by atoms with Crippen molar-refractivity contribution >= 4 is 18.2 Å². The fourth-order valence-corrected chi connectivity index (χ4v) is 2.81. The van der Waals surface area contributed by atoms with E-state index in [1.165, 1.54) is 0 Å². The van der Waals surface area contributed by atoms with Gasteiger partial charge in [-0.3, -0.25) is 0 Å². The maximum absolute atomic E-state index is 12.1. The van der Waals surface area contributed by atoms with Crippen molar-refractivity contribution in [1.82, 2.24) is 0 Å². The minimum atomic E-state index is -3.79. The van der Waals surface area contributed by atoms with Gasteiger partial charge in [0.25, 0.3) is 0 Å². The highest BCUT2D eigenvalue weighted by atomic mass is 35.7. The zero-order valence-electron chi connectivity index (χ0n) is 11.5. The summed E-state index contributed by atoms with van der Waals surface area (Å²) in [7, 11) is 3.10. The molecule has 0 saturated carbocycles. The Labute approximate surface area is 127 Å². The number of rotatable bonds is 6. The van der Waals surface area contributed by atoms with E-state index in [4.69, 9.17) is 29.8 Å². The summed E-state index contributed by atoms with van der Waals surface area (Å²) in [6.45, 7) is -3.79. The molecule has 0 bridgehead atoms. The van der Waals surface area contributed by atoms with Crippen molar-refractivity contribution in [3.63, 3.8) is 0 Å². The summed E-state index contributed by atoms with van der Waals surface area (Å²) in [6, 6.07) is 13.0. The van der Waals surface area contributed by atoms with E-state index in [9.17, 15) is 4.57 Å². The number of halogens is 1. The van der Waals surface area contributed by atoms with Crippen molar-refractivity contribution < 1.29 is 23.1 Å². The minimum Gasteiger partial charge on any atom is -0.497 e. The van der Waals surface area contributed by atoms with Gasteiger partial charge in [-0.2, -0.15) is 0 Å². The summed E-state index contributed by atoms with van der Waals surface area (Å²) in [5, 5.41) is 0. The summed E-state index contributed by atoms with van der Waals surface area (Å²) in [4.78, 5) is 0. The number of ether oxygens (including phenoxy) is 2. The molecule has 0 aromatic heterocycles. The van der Waals surface area contributed by atoms with E-state index >= 15 is 0 Å². The molecule has 112 valence electrons. The lowest BCUT2D eigenvalue weighted by atomic mass is 10.3. The first-order chi connectivity index (χ1) is 10.0. The summed E-state index contributed by atoms with van der Waals surface area (Å²) >= 11 is 5.80. The molecular formula is C14H14ClO5P. The molecule has 0 heterocycles. The van der Waals surface area contributed by atoms with Crippen molar-refractivity contribution in [1.29, 1.82) is 0 Å². The third-order valence-corrected chi connectivity index (χ3v) is 3.82. The third kappa shape index (κ3) is 4.59. The van der Waals surface area contributed by atoms with Gasteiger partial charge in [0.1, 0.15) is 23.0 Å². The molecule has 0 unspecified atom stereocenters. The van der Waals surface area contributed by atoms with Crippen LogP contribution in [-0.2, 0) is 4.57 Å². The smallest absolute Gasteiger partial charge is 0.497 e. The molecule has 7 heteroatoms. The molecule has 21 heavy (non-hydrogen) atoms. The van der Waals surface area contributed by atoms with E-state index in [0.717, 1.165) is 0 Å². The van der Waals surface area contributed by atoms with Gasteiger partial charge >= 0.3 is 6.95 Å². The largest absolute Gasteiger partial charge is 0.530 e. The highest BCUT2D eigenvalue weighted by Crippen LogP contribution is 2.53. The van der Waals surface area contributed by atoms with E-state index < -0.39 is 6.95 Å². The molecule has 0 aliphatic heterocycles. The van der Waals surface area contributed by atoms with Crippen LogP contribution in [-0.4, -0.2) is 14.2 Å². The van der Waals surface area contributed by atoms with Gasteiger partial charge in [0.15, 0.2) is 0 Å². The lowest BCUT2D eigenvalue weighted by molar-refractivity contribution is 0.399. The third-order valence-electron chi connectivity index (χ3n) is 2.55. The SMILES string of the molecule is COc1ccc(OP(=O)(Cl)Oc2ccc(OC)cc2)cc1. The molecule has 0 N–H and O–H groups in total. The number of benzene rings is 2. The van der Waals surface area contributed by atoms with Gasteiger partial charge in [-0.25, -0.2) is 4.57 Å². The topological polar surface area (TPSA) is 54.0 Å². The number of hydrogen-bond acceptors (Lipinski definition) is 5. The highest BCUT2D eigenvalue weighted by molar-refractivity contribution is 7.82. The Hall–Kier alpha value is -1.84. The molecule has 0 atom stereocenters. The molecule has 2 aromatic carbocycles. The van der Waals surface area contributed by atoms with Crippen LogP contribution in [0.25, 0.3) is 0 Å². The summed E-state index contributed by atoms with van der Waals surface area (Å²) in [5.74, 6) is 1.95. The van der Waals surface area contributed by atoms with Crippen LogP contribution in [0.3, 0.4) is 0 Å².